The Morgan fingerprint density at radius 3 is 2.65 bits per heavy atom. The van der Waals surface area contributed by atoms with E-state index in [-0.39, 0.29) is 36.2 Å². The maximum absolute atomic E-state index is 12.7. The van der Waals surface area contributed by atoms with E-state index in [9.17, 15) is 18.0 Å². The van der Waals surface area contributed by atoms with Crippen LogP contribution in [0.4, 0.5) is 18.3 Å². The van der Waals surface area contributed by atoms with Crippen LogP contribution in [0, 0.1) is 0 Å². The van der Waals surface area contributed by atoms with Crippen LogP contribution < -0.4 is 14.8 Å². The van der Waals surface area contributed by atoms with Crippen LogP contribution in [0.3, 0.4) is 0 Å². The predicted molar refractivity (Wildman–Crippen MR) is 125 cm³/mol. The molecule has 0 bridgehead atoms. The Morgan fingerprint density at radius 1 is 1.14 bits per heavy atom. The molecule has 2 aromatic carbocycles. The summed E-state index contributed by atoms with van der Waals surface area (Å²) in [5, 5.41) is 19.8. The third-order valence-corrected chi connectivity index (χ3v) is 5.26. The number of rotatable bonds is 10. The molecule has 1 amide bonds. The number of oxime groups is 1. The molecule has 11 nitrogen and oxygen atoms in total. The average molecular weight is 533 g/mol. The zero-order valence-electron chi connectivity index (χ0n) is 19.0. The summed E-state index contributed by atoms with van der Waals surface area (Å²) in [5.74, 6) is -0.118. The van der Waals surface area contributed by atoms with Crippen molar-refractivity contribution >= 4 is 28.1 Å². The lowest BCUT2D eigenvalue weighted by Gasteiger charge is -2.10. The molecule has 2 heterocycles. The Morgan fingerprint density at radius 2 is 1.92 bits per heavy atom. The van der Waals surface area contributed by atoms with Gasteiger partial charge in [-0.05, 0) is 34.7 Å². The Labute approximate surface area is 211 Å². The number of halogens is 3. The molecule has 2 aromatic heterocycles. The molecule has 1 N–H and O–H groups in total. The van der Waals surface area contributed by atoms with Gasteiger partial charge in [-0.3, -0.25) is 10.1 Å². The second-order valence-electron chi connectivity index (χ2n) is 7.21. The quantitative estimate of drug-likeness (QED) is 0.242. The van der Waals surface area contributed by atoms with Gasteiger partial charge in [-0.2, -0.15) is 0 Å². The zero-order chi connectivity index (χ0) is 26.3. The maximum Gasteiger partial charge on any atom is 0.573 e. The molecule has 0 spiro atoms. The monoisotopic (exact) mass is 533 g/mol. The summed E-state index contributed by atoms with van der Waals surface area (Å²) in [5.41, 5.74) is 0.754. The first-order valence-electron chi connectivity index (χ1n) is 10.5. The fourth-order valence-corrected chi connectivity index (χ4v) is 3.62. The van der Waals surface area contributed by atoms with Gasteiger partial charge in [0.25, 0.3) is 5.91 Å². The first-order valence-corrected chi connectivity index (χ1v) is 11.4. The number of anilines is 1. The molecule has 0 saturated heterocycles. The van der Waals surface area contributed by atoms with Crippen molar-refractivity contribution in [1.29, 1.82) is 0 Å². The summed E-state index contributed by atoms with van der Waals surface area (Å²) in [7, 11) is 1.54. The molecule has 0 radical (unpaired) electrons. The molecule has 15 heteroatoms. The van der Waals surface area contributed by atoms with Crippen LogP contribution in [-0.2, 0) is 23.3 Å². The van der Waals surface area contributed by atoms with Gasteiger partial charge in [0, 0.05) is 18.0 Å². The van der Waals surface area contributed by atoms with Crippen LogP contribution in [-0.4, -0.2) is 49.8 Å². The Hall–Kier alpha value is -4.53. The van der Waals surface area contributed by atoms with E-state index in [1.807, 2.05) is 6.07 Å². The Balaban J connectivity index is 1.41. The van der Waals surface area contributed by atoms with Crippen molar-refractivity contribution in [2.45, 2.75) is 13.0 Å². The van der Waals surface area contributed by atoms with Crippen LogP contribution in [0.1, 0.15) is 17.1 Å². The van der Waals surface area contributed by atoms with E-state index in [4.69, 9.17) is 9.57 Å². The number of thiazole rings is 1. The van der Waals surface area contributed by atoms with Crippen molar-refractivity contribution in [3.8, 4) is 11.5 Å². The molecule has 0 aliphatic carbocycles. The van der Waals surface area contributed by atoms with E-state index in [2.05, 4.69) is 35.7 Å². The molecule has 0 fully saturated rings. The smallest absolute Gasteiger partial charge is 0.484 e. The van der Waals surface area contributed by atoms with Gasteiger partial charge in [0.1, 0.15) is 11.5 Å². The van der Waals surface area contributed by atoms with Gasteiger partial charge in [0.15, 0.2) is 24.1 Å². The number of amides is 1. The van der Waals surface area contributed by atoms with Gasteiger partial charge in [-0.1, -0.05) is 35.5 Å². The van der Waals surface area contributed by atoms with Gasteiger partial charge >= 0.3 is 6.36 Å². The number of hydrogen-bond donors (Lipinski definition) is 1. The third-order valence-electron chi connectivity index (χ3n) is 4.45. The number of carbonyl (C=O) groups is 1. The number of benzene rings is 2. The van der Waals surface area contributed by atoms with E-state index >= 15 is 0 Å². The van der Waals surface area contributed by atoms with Gasteiger partial charge in [-0.25, -0.2) is 9.67 Å². The highest BCUT2D eigenvalue weighted by molar-refractivity contribution is 7.13. The van der Waals surface area contributed by atoms with Crippen LogP contribution in [0.25, 0.3) is 0 Å². The first-order chi connectivity index (χ1) is 17.8. The Bertz CT molecular complexity index is 1380. The van der Waals surface area contributed by atoms with Crippen molar-refractivity contribution in [1.82, 2.24) is 25.2 Å². The van der Waals surface area contributed by atoms with Gasteiger partial charge in [0.05, 0.1) is 5.69 Å². The molecule has 0 saturated carbocycles. The van der Waals surface area contributed by atoms with E-state index in [1.54, 1.807) is 29.6 Å². The minimum Gasteiger partial charge on any atom is -0.484 e. The summed E-state index contributed by atoms with van der Waals surface area (Å²) in [6, 6.07) is 14.1. The van der Waals surface area contributed by atoms with E-state index in [0.717, 1.165) is 12.1 Å². The van der Waals surface area contributed by atoms with E-state index < -0.39 is 12.1 Å². The van der Waals surface area contributed by atoms with E-state index in [1.165, 1.54) is 35.2 Å². The fraction of sp³-hybridized carbons (Fsp3) is 0.182. The number of tetrazole rings is 1. The van der Waals surface area contributed by atoms with Gasteiger partial charge < -0.3 is 14.3 Å². The van der Waals surface area contributed by atoms with E-state index in [0.29, 0.717) is 16.6 Å². The largest absolute Gasteiger partial charge is 0.573 e. The average Bonchev–Trinajstić information content (AvgIpc) is 3.49. The van der Waals surface area contributed by atoms with Crippen molar-refractivity contribution in [3.63, 3.8) is 0 Å². The van der Waals surface area contributed by atoms with Crippen molar-refractivity contribution in [3.05, 3.63) is 77.1 Å². The van der Waals surface area contributed by atoms with Crippen LogP contribution in [0.2, 0.25) is 0 Å². The molecule has 0 aliphatic heterocycles. The molecular weight excluding hydrogens is 515 g/mol. The number of carbonyl (C=O) groups excluding carboxylic acids is 1. The number of para-hydroxylation sites is 1. The second-order valence-corrected chi connectivity index (χ2v) is 8.07. The summed E-state index contributed by atoms with van der Waals surface area (Å²) < 4.78 is 48.6. The zero-order valence-corrected chi connectivity index (χ0v) is 19.9. The topological polar surface area (TPSA) is 126 Å². The summed E-state index contributed by atoms with van der Waals surface area (Å²) in [4.78, 5) is 21.8. The minimum atomic E-state index is -4.86. The number of hydrogen-bond acceptors (Lipinski definition) is 10. The Kier molecular flexibility index (Phi) is 7.92. The highest BCUT2D eigenvalue weighted by atomic mass is 32.1. The minimum absolute atomic E-state index is 0.0712. The SMILES string of the molecule is Cn1nnnc1/C(=N\OCc1csc(NC(=O)COc2ccccc2)n1)c1cccc(OC(F)(F)F)c1. The highest BCUT2D eigenvalue weighted by Gasteiger charge is 2.31. The summed E-state index contributed by atoms with van der Waals surface area (Å²) in [6.07, 6.45) is -4.86. The molecule has 4 rings (SSSR count). The lowest BCUT2D eigenvalue weighted by molar-refractivity contribution is -0.274. The first kappa shape index (κ1) is 25.6. The second kappa shape index (κ2) is 11.5. The van der Waals surface area contributed by atoms with Gasteiger partial charge in [0.2, 0.25) is 5.82 Å². The number of aryl methyl sites for hydroxylation is 1. The van der Waals surface area contributed by atoms with Crippen molar-refractivity contribution in [2.24, 2.45) is 12.2 Å². The standard InChI is InChI=1S/C22H18F3N7O4S/c1-32-20(28-30-31-32)19(14-6-5-9-17(10-14)36-22(23,24)25)29-35-11-15-13-37-21(26-15)27-18(33)12-34-16-7-3-2-4-8-16/h2-10,13H,11-12H2,1H3,(H,26,27,33)/b29-19-. The third kappa shape index (κ3) is 7.47. The summed E-state index contributed by atoms with van der Waals surface area (Å²) in [6.45, 7) is -0.285. The molecule has 37 heavy (non-hydrogen) atoms. The molecule has 0 aliphatic rings. The van der Waals surface area contributed by atoms with Crippen LogP contribution >= 0.6 is 11.3 Å². The van der Waals surface area contributed by atoms with Crippen LogP contribution in [0.5, 0.6) is 11.5 Å². The number of ether oxygens (including phenoxy) is 2. The number of aromatic nitrogens is 5. The lowest BCUT2D eigenvalue weighted by atomic mass is 10.1. The highest BCUT2D eigenvalue weighted by Crippen LogP contribution is 2.24. The summed E-state index contributed by atoms with van der Waals surface area (Å²) >= 11 is 1.18. The number of nitrogens with zero attached hydrogens (tertiary/aromatic N) is 6. The maximum atomic E-state index is 12.7. The molecular formula is C22H18F3N7O4S. The lowest BCUT2D eigenvalue weighted by Crippen LogP contribution is -2.20. The van der Waals surface area contributed by atoms with Gasteiger partial charge in [-0.15, -0.1) is 29.6 Å². The molecule has 4 aromatic rings. The normalized spacial score (nSPS) is 11.7. The number of nitrogens with one attached hydrogen (secondary N) is 1. The number of alkyl halides is 3. The van der Waals surface area contributed by atoms with Crippen molar-refractivity contribution < 1.29 is 32.3 Å². The van der Waals surface area contributed by atoms with Crippen molar-refractivity contribution in [2.75, 3.05) is 11.9 Å². The molecule has 192 valence electrons. The molecule has 0 unspecified atom stereocenters. The molecule has 0 atom stereocenters. The fourth-order valence-electron chi connectivity index (χ4n) is 2.91. The van der Waals surface area contributed by atoms with Crippen LogP contribution in [0.15, 0.2) is 65.1 Å². The predicted octanol–water partition coefficient (Wildman–Crippen LogP) is 3.55.